The van der Waals surface area contributed by atoms with Gasteiger partial charge in [0.1, 0.15) is 11.5 Å². The molecule has 19 heavy (non-hydrogen) atoms. The average molecular weight is 259 g/mol. The number of hydrogen-bond donors (Lipinski definition) is 1. The van der Waals surface area contributed by atoms with Gasteiger partial charge in [0.05, 0.1) is 17.1 Å². The molecule has 0 fully saturated rings. The van der Waals surface area contributed by atoms with Crippen LogP contribution in [0, 0.1) is 10.1 Å². The molecule has 1 unspecified atom stereocenters. The van der Waals surface area contributed by atoms with Crippen molar-refractivity contribution in [3.63, 3.8) is 0 Å². The third-order valence-corrected chi connectivity index (χ3v) is 2.63. The molecule has 2 aromatic rings. The molecule has 0 radical (unpaired) electrons. The smallest absolute Gasteiger partial charge is 0.273 e. The molecule has 1 N–H and O–H groups in total. The molecule has 1 atom stereocenters. The Hall–Kier alpha value is -2.40. The number of aliphatic hydroxyl groups excluding tert-OH is 1. The summed E-state index contributed by atoms with van der Waals surface area (Å²) in [6, 6.07) is 12.9. The van der Waals surface area contributed by atoms with Crippen LogP contribution in [0.2, 0.25) is 0 Å². The van der Waals surface area contributed by atoms with Crippen LogP contribution in [0.15, 0.2) is 48.5 Å². The summed E-state index contributed by atoms with van der Waals surface area (Å²) in [5.74, 6) is 0.962. The van der Waals surface area contributed by atoms with E-state index in [4.69, 9.17) is 4.74 Å². The molecular formula is C14H13NO4. The third kappa shape index (κ3) is 3.29. The fourth-order valence-corrected chi connectivity index (χ4v) is 1.61. The first-order valence-corrected chi connectivity index (χ1v) is 5.76. The second kappa shape index (κ2) is 5.49. The Morgan fingerprint density at radius 1 is 1.16 bits per heavy atom. The molecule has 5 nitrogen and oxygen atoms in total. The van der Waals surface area contributed by atoms with Crippen LogP contribution in [0.5, 0.6) is 11.5 Å². The zero-order valence-corrected chi connectivity index (χ0v) is 10.3. The highest BCUT2D eigenvalue weighted by molar-refractivity contribution is 5.41. The SMILES string of the molecule is CC(O)c1ccc(Oc2cccc([N+](=O)[O-])c2)cc1. The number of nitro benzene ring substituents is 1. The summed E-state index contributed by atoms with van der Waals surface area (Å²) in [6.07, 6.45) is -0.535. The Balaban J connectivity index is 2.16. The van der Waals surface area contributed by atoms with Gasteiger partial charge in [-0.05, 0) is 30.7 Å². The summed E-state index contributed by atoms with van der Waals surface area (Å²) in [6.45, 7) is 1.68. The van der Waals surface area contributed by atoms with Crippen molar-refractivity contribution in [1.82, 2.24) is 0 Å². The third-order valence-electron chi connectivity index (χ3n) is 2.63. The highest BCUT2D eigenvalue weighted by Crippen LogP contribution is 2.26. The van der Waals surface area contributed by atoms with Gasteiger partial charge in [0, 0.05) is 6.07 Å². The van der Waals surface area contributed by atoms with Crippen LogP contribution < -0.4 is 4.74 Å². The molecule has 0 aliphatic rings. The fraction of sp³-hybridized carbons (Fsp3) is 0.143. The molecule has 0 amide bonds. The molecule has 0 aliphatic carbocycles. The van der Waals surface area contributed by atoms with Gasteiger partial charge in [-0.3, -0.25) is 10.1 Å². The number of nitro groups is 1. The Kier molecular flexibility index (Phi) is 3.77. The predicted octanol–water partition coefficient (Wildman–Crippen LogP) is 3.44. The highest BCUT2D eigenvalue weighted by Gasteiger charge is 2.07. The van der Waals surface area contributed by atoms with Crippen LogP contribution >= 0.6 is 0 Å². The van der Waals surface area contributed by atoms with Crippen molar-refractivity contribution in [2.45, 2.75) is 13.0 Å². The maximum Gasteiger partial charge on any atom is 0.273 e. The van der Waals surface area contributed by atoms with E-state index in [1.807, 2.05) is 0 Å². The lowest BCUT2D eigenvalue weighted by molar-refractivity contribution is -0.384. The summed E-state index contributed by atoms with van der Waals surface area (Å²) in [5.41, 5.74) is 0.768. The molecule has 0 saturated carbocycles. The normalized spacial score (nSPS) is 11.9. The van der Waals surface area contributed by atoms with Crippen molar-refractivity contribution in [2.75, 3.05) is 0 Å². The van der Waals surface area contributed by atoms with E-state index in [1.54, 1.807) is 43.3 Å². The number of nitrogens with zero attached hydrogens (tertiary/aromatic N) is 1. The minimum atomic E-state index is -0.535. The molecule has 0 saturated heterocycles. The van der Waals surface area contributed by atoms with Crippen molar-refractivity contribution in [3.05, 3.63) is 64.2 Å². The predicted molar refractivity (Wildman–Crippen MR) is 70.2 cm³/mol. The molecule has 0 bridgehead atoms. The zero-order valence-electron chi connectivity index (χ0n) is 10.3. The van der Waals surface area contributed by atoms with Crippen molar-refractivity contribution < 1.29 is 14.8 Å². The van der Waals surface area contributed by atoms with Gasteiger partial charge in [-0.25, -0.2) is 0 Å². The maximum atomic E-state index is 10.6. The number of rotatable bonds is 4. The van der Waals surface area contributed by atoms with E-state index in [-0.39, 0.29) is 5.69 Å². The monoisotopic (exact) mass is 259 g/mol. The van der Waals surface area contributed by atoms with E-state index in [2.05, 4.69) is 0 Å². The molecule has 2 rings (SSSR count). The second-order valence-corrected chi connectivity index (χ2v) is 4.10. The lowest BCUT2D eigenvalue weighted by atomic mass is 10.1. The van der Waals surface area contributed by atoms with Crippen LogP contribution in [-0.2, 0) is 0 Å². The van der Waals surface area contributed by atoms with E-state index in [1.165, 1.54) is 12.1 Å². The van der Waals surface area contributed by atoms with E-state index in [0.29, 0.717) is 11.5 Å². The number of hydrogen-bond acceptors (Lipinski definition) is 4. The molecule has 0 spiro atoms. The maximum absolute atomic E-state index is 10.6. The number of aliphatic hydroxyl groups is 1. The lowest BCUT2D eigenvalue weighted by Crippen LogP contribution is -1.91. The first-order chi connectivity index (χ1) is 9.06. The molecular weight excluding hydrogens is 246 g/mol. The van der Waals surface area contributed by atoms with Gasteiger partial charge in [-0.1, -0.05) is 18.2 Å². The van der Waals surface area contributed by atoms with Crippen LogP contribution in [0.25, 0.3) is 0 Å². The van der Waals surface area contributed by atoms with Gasteiger partial charge in [0.15, 0.2) is 0 Å². The first kappa shape index (κ1) is 13.0. The Labute approximate surface area is 110 Å². The van der Waals surface area contributed by atoms with Gasteiger partial charge in [0.2, 0.25) is 0 Å². The van der Waals surface area contributed by atoms with Gasteiger partial charge in [-0.2, -0.15) is 0 Å². The van der Waals surface area contributed by atoms with Gasteiger partial charge in [-0.15, -0.1) is 0 Å². The van der Waals surface area contributed by atoms with Crippen molar-refractivity contribution >= 4 is 5.69 Å². The highest BCUT2D eigenvalue weighted by atomic mass is 16.6. The number of benzene rings is 2. The molecule has 0 aromatic heterocycles. The summed E-state index contributed by atoms with van der Waals surface area (Å²) in [5, 5.41) is 20.0. The average Bonchev–Trinajstić information content (AvgIpc) is 2.39. The van der Waals surface area contributed by atoms with E-state index >= 15 is 0 Å². The largest absolute Gasteiger partial charge is 0.457 e. The summed E-state index contributed by atoms with van der Waals surface area (Å²) < 4.78 is 5.52. The van der Waals surface area contributed by atoms with E-state index in [0.717, 1.165) is 5.56 Å². The molecule has 98 valence electrons. The van der Waals surface area contributed by atoms with Crippen LogP contribution in [-0.4, -0.2) is 10.0 Å². The molecule has 0 aliphatic heterocycles. The van der Waals surface area contributed by atoms with Crippen LogP contribution in [0.4, 0.5) is 5.69 Å². The first-order valence-electron chi connectivity index (χ1n) is 5.76. The van der Waals surface area contributed by atoms with E-state index in [9.17, 15) is 15.2 Å². The summed E-state index contributed by atoms with van der Waals surface area (Å²) in [4.78, 5) is 10.2. The fourth-order valence-electron chi connectivity index (χ4n) is 1.61. The number of non-ortho nitro benzene ring substituents is 1. The zero-order chi connectivity index (χ0) is 13.8. The summed E-state index contributed by atoms with van der Waals surface area (Å²) >= 11 is 0. The Morgan fingerprint density at radius 2 is 1.84 bits per heavy atom. The van der Waals surface area contributed by atoms with Crippen molar-refractivity contribution in [2.24, 2.45) is 0 Å². The van der Waals surface area contributed by atoms with E-state index < -0.39 is 11.0 Å². The molecule has 2 aromatic carbocycles. The van der Waals surface area contributed by atoms with Gasteiger partial charge >= 0.3 is 0 Å². The lowest BCUT2D eigenvalue weighted by Gasteiger charge is -2.08. The Morgan fingerprint density at radius 3 is 2.42 bits per heavy atom. The Bertz CT molecular complexity index is 578. The quantitative estimate of drug-likeness (QED) is 0.674. The topological polar surface area (TPSA) is 72.6 Å². The second-order valence-electron chi connectivity index (χ2n) is 4.10. The number of ether oxygens (including phenoxy) is 1. The van der Waals surface area contributed by atoms with Gasteiger partial charge in [0.25, 0.3) is 5.69 Å². The van der Waals surface area contributed by atoms with Crippen molar-refractivity contribution in [1.29, 1.82) is 0 Å². The summed E-state index contributed by atoms with van der Waals surface area (Å²) in [7, 11) is 0. The van der Waals surface area contributed by atoms with Gasteiger partial charge < -0.3 is 9.84 Å². The van der Waals surface area contributed by atoms with Crippen LogP contribution in [0.3, 0.4) is 0 Å². The molecule has 5 heteroatoms. The van der Waals surface area contributed by atoms with Crippen LogP contribution in [0.1, 0.15) is 18.6 Å². The minimum absolute atomic E-state index is 0.0156. The molecule has 0 heterocycles. The minimum Gasteiger partial charge on any atom is -0.457 e. The standard InChI is InChI=1S/C14H13NO4/c1-10(16)11-5-7-13(8-6-11)19-14-4-2-3-12(9-14)15(17)18/h2-10,16H,1H3. The van der Waals surface area contributed by atoms with Crippen molar-refractivity contribution in [3.8, 4) is 11.5 Å².